The van der Waals surface area contributed by atoms with Crippen molar-refractivity contribution in [1.29, 1.82) is 0 Å². The molecule has 1 saturated heterocycles. The molecule has 1 atom stereocenters. The van der Waals surface area contributed by atoms with Gasteiger partial charge in [0, 0.05) is 18.0 Å². The van der Waals surface area contributed by atoms with Gasteiger partial charge in [-0.05, 0) is 31.9 Å². The number of β-amino-alcohol motifs (C(OH)–C–C–N with tert-alkyl or cyclic N) is 1. The first-order valence-corrected chi connectivity index (χ1v) is 7.34. The molecule has 19 heavy (non-hydrogen) atoms. The van der Waals surface area contributed by atoms with Crippen molar-refractivity contribution in [2.45, 2.75) is 30.3 Å². The monoisotopic (exact) mass is 283 g/mol. The summed E-state index contributed by atoms with van der Waals surface area (Å²) in [5, 5.41) is 9.96. The molecule has 3 nitrogen and oxygen atoms in total. The second kappa shape index (κ2) is 5.92. The van der Waals surface area contributed by atoms with E-state index in [1.54, 1.807) is 30.0 Å². The number of thioether (sulfide) groups is 1. The first kappa shape index (κ1) is 14.3. The number of piperidine rings is 1. The summed E-state index contributed by atoms with van der Waals surface area (Å²) in [6, 6.07) is 6.43. The fourth-order valence-corrected chi connectivity index (χ4v) is 3.07. The summed E-state index contributed by atoms with van der Waals surface area (Å²) in [6.45, 7) is 2.78. The van der Waals surface area contributed by atoms with E-state index in [9.17, 15) is 14.3 Å². The Balaban J connectivity index is 1.90. The maximum Gasteiger partial charge on any atom is 0.233 e. The number of rotatable bonds is 3. The van der Waals surface area contributed by atoms with Crippen molar-refractivity contribution in [3.05, 3.63) is 30.1 Å². The predicted octanol–water partition coefficient (Wildman–Crippen LogP) is 2.29. The lowest BCUT2D eigenvalue weighted by Gasteiger charge is -2.36. The summed E-state index contributed by atoms with van der Waals surface area (Å²) in [4.78, 5) is 14.2. The van der Waals surface area contributed by atoms with Gasteiger partial charge in [-0.15, -0.1) is 11.8 Å². The molecule has 0 spiro atoms. The van der Waals surface area contributed by atoms with Gasteiger partial charge >= 0.3 is 0 Å². The Morgan fingerprint density at radius 2 is 2.26 bits per heavy atom. The van der Waals surface area contributed by atoms with Gasteiger partial charge < -0.3 is 10.0 Å². The van der Waals surface area contributed by atoms with E-state index in [2.05, 4.69) is 0 Å². The van der Waals surface area contributed by atoms with Crippen LogP contribution in [-0.4, -0.2) is 40.4 Å². The van der Waals surface area contributed by atoms with Crippen LogP contribution in [0.25, 0.3) is 0 Å². The molecule has 0 aliphatic carbocycles. The standard InChI is InChI=1S/C14H18FNO2S/c1-14(18)7-4-8-16(10-14)13(17)9-19-12-6-3-2-5-11(12)15/h2-3,5-6,18H,4,7-10H2,1H3. The fraction of sp³-hybridized carbons (Fsp3) is 0.500. The smallest absolute Gasteiger partial charge is 0.233 e. The van der Waals surface area contributed by atoms with E-state index < -0.39 is 5.60 Å². The lowest BCUT2D eigenvalue weighted by Crippen LogP contribution is -2.49. The highest BCUT2D eigenvalue weighted by atomic mass is 32.2. The van der Waals surface area contributed by atoms with Gasteiger partial charge in [0.1, 0.15) is 5.82 Å². The zero-order chi connectivity index (χ0) is 13.9. The molecule has 0 aromatic heterocycles. The van der Waals surface area contributed by atoms with E-state index in [-0.39, 0.29) is 17.5 Å². The topological polar surface area (TPSA) is 40.5 Å². The van der Waals surface area contributed by atoms with Crippen molar-refractivity contribution in [1.82, 2.24) is 4.90 Å². The third-order valence-electron chi connectivity index (χ3n) is 3.22. The van der Waals surface area contributed by atoms with E-state index in [1.807, 2.05) is 0 Å². The van der Waals surface area contributed by atoms with Crippen LogP contribution in [0.2, 0.25) is 0 Å². The maximum atomic E-state index is 13.4. The highest BCUT2D eigenvalue weighted by Crippen LogP contribution is 2.24. The van der Waals surface area contributed by atoms with Crippen LogP contribution in [-0.2, 0) is 4.79 Å². The first-order valence-electron chi connectivity index (χ1n) is 6.35. The zero-order valence-electron chi connectivity index (χ0n) is 10.9. The molecule has 1 amide bonds. The second-order valence-corrected chi connectivity index (χ2v) is 6.15. The van der Waals surface area contributed by atoms with E-state index in [0.717, 1.165) is 12.8 Å². The van der Waals surface area contributed by atoms with Gasteiger partial charge in [0.2, 0.25) is 5.91 Å². The van der Waals surface area contributed by atoms with Gasteiger partial charge in [-0.1, -0.05) is 12.1 Å². The van der Waals surface area contributed by atoms with Gasteiger partial charge in [-0.2, -0.15) is 0 Å². The van der Waals surface area contributed by atoms with Crippen molar-refractivity contribution in [2.24, 2.45) is 0 Å². The number of amides is 1. The quantitative estimate of drug-likeness (QED) is 0.865. The van der Waals surface area contributed by atoms with Crippen molar-refractivity contribution in [2.75, 3.05) is 18.8 Å². The molecule has 0 radical (unpaired) electrons. The highest BCUT2D eigenvalue weighted by molar-refractivity contribution is 8.00. The molecule has 2 rings (SSSR count). The van der Waals surface area contributed by atoms with E-state index in [0.29, 0.717) is 18.0 Å². The van der Waals surface area contributed by atoms with Crippen LogP contribution in [0.15, 0.2) is 29.2 Å². The molecule has 5 heteroatoms. The number of nitrogens with zero attached hydrogens (tertiary/aromatic N) is 1. The van der Waals surface area contributed by atoms with E-state index in [4.69, 9.17) is 0 Å². The SMILES string of the molecule is CC1(O)CCCN(C(=O)CSc2ccccc2F)C1. The predicted molar refractivity (Wildman–Crippen MR) is 73.6 cm³/mol. The molecule has 104 valence electrons. The Kier molecular flexibility index (Phi) is 4.47. The Morgan fingerprint density at radius 1 is 1.53 bits per heavy atom. The summed E-state index contributed by atoms with van der Waals surface area (Å²) in [7, 11) is 0. The van der Waals surface area contributed by atoms with Gasteiger partial charge in [0.15, 0.2) is 0 Å². The van der Waals surface area contributed by atoms with Crippen LogP contribution < -0.4 is 0 Å². The van der Waals surface area contributed by atoms with Gasteiger partial charge in [0.05, 0.1) is 11.4 Å². The molecular formula is C14H18FNO2S. The second-order valence-electron chi connectivity index (χ2n) is 5.13. The number of aliphatic hydroxyl groups is 1. The number of benzene rings is 1. The van der Waals surface area contributed by atoms with Crippen molar-refractivity contribution < 1.29 is 14.3 Å². The number of carbonyl (C=O) groups excluding carboxylic acids is 1. The molecule has 0 bridgehead atoms. The summed E-state index contributed by atoms with van der Waals surface area (Å²) < 4.78 is 13.4. The van der Waals surface area contributed by atoms with Crippen LogP contribution in [0, 0.1) is 5.82 Å². The van der Waals surface area contributed by atoms with Crippen LogP contribution in [0.1, 0.15) is 19.8 Å². The minimum atomic E-state index is -0.795. The normalized spacial score (nSPS) is 23.4. The number of likely N-dealkylation sites (tertiary alicyclic amines) is 1. The van der Waals surface area contributed by atoms with E-state index in [1.165, 1.54) is 17.8 Å². The fourth-order valence-electron chi connectivity index (χ4n) is 2.23. The van der Waals surface area contributed by atoms with Crippen molar-refractivity contribution in [3.63, 3.8) is 0 Å². The van der Waals surface area contributed by atoms with Crippen LogP contribution in [0.5, 0.6) is 0 Å². The maximum absolute atomic E-state index is 13.4. The molecule has 1 aliphatic rings. The first-order chi connectivity index (χ1) is 8.98. The number of hydrogen-bond acceptors (Lipinski definition) is 3. The molecule has 1 heterocycles. The zero-order valence-corrected chi connectivity index (χ0v) is 11.8. The van der Waals surface area contributed by atoms with Crippen molar-refractivity contribution >= 4 is 17.7 Å². The van der Waals surface area contributed by atoms with Crippen LogP contribution in [0.3, 0.4) is 0 Å². The number of carbonyl (C=O) groups is 1. The Labute approximate surface area is 116 Å². The average molecular weight is 283 g/mol. The molecule has 1 aromatic carbocycles. The average Bonchev–Trinajstić information content (AvgIpc) is 2.36. The molecular weight excluding hydrogens is 265 g/mol. The molecule has 1 N–H and O–H groups in total. The number of halogens is 1. The van der Waals surface area contributed by atoms with E-state index >= 15 is 0 Å². The van der Waals surface area contributed by atoms with Crippen molar-refractivity contribution in [3.8, 4) is 0 Å². The number of hydrogen-bond donors (Lipinski definition) is 1. The summed E-state index contributed by atoms with van der Waals surface area (Å²) in [6.07, 6.45) is 1.53. The van der Waals surface area contributed by atoms with Gasteiger partial charge in [-0.25, -0.2) is 4.39 Å². The van der Waals surface area contributed by atoms with Gasteiger partial charge in [0.25, 0.3) is 0 Å². The minimum absolute atomic E-state index is 0.0479. The molecule has 1 unspecified atom stereocenters. The lowest BCUT2D eigenvalue weighted by atomic mass is 9.95. The van der Waals surface area contributed by atoms with Crippen LogP contribution >= 0.6 is 11.8 Å². The molecule has 1 aromatic rings. The molecule has 1 fully saturated rings. The highest BCUT2D eigenvalue weighted by Gasteiger charge is 2.30. The summed E-state index contributed by atoms with van der Waals surface area (Å²) >= 11 is 1.20. The minimum Gasteiger partial charge on any atom is -0.388 e. The Bertz CT molecular complexity index is 465. The largest absolute Gasteiger partial charge is 0.388 e. The Morgan fingerprint density at radius 3 is 2.95 bits per heavy atom. The third-order valence-corrected chi connectivity index (χ3v) is 4.25. The lowest BCUT2D eigenvalue weighted by molar-refractivity contribution is -0.134. The summed E-state index contributed by atoms with van der Waals surface area (Å²) in [5.74, 6) is -0.143. The van der Waals surface area contributed by atoms with Gasteiger partial charge in [-0.3, -0.25) is 4.79 Å². The van der Waals surface area contributed by atoms with Crippen LogP contribution in [0.4, 0.5) is 4.39 Å². The summed E-state index contributed by atoms with van der Waals surface area (Å²) in [5.41, 5.74) is -0.795. The Hall–Kier alpha value is -1.07. The third kappa shape index (κ3) is 3.94. The molecule has 0 saturated carbocycles. The molecule has 1 aliphatic heterocycles.